The van der Waals surface area contributed by atoms with Gasteiger partial charge in [-0.3, -0.25) is 9.59 Å². The first-order valence-electron chi connectivity index (χ1n) is 10.9. The molecule has 5 nitrogen and oxygen atoms in total. The van der Waals surface area contributed by atoms with Gasteiger partial charge in [0, 0.05) is 13.2 Å². The Labute approximate surface area is 181 Å². The van der Waals surface area contributed by atoms with Crippen LogP contribution in [0.15, 0.2) is 57.7 Å². The molecule has 3 aromatic rings. The summed E-state index contributed by atoms with van der Waals surface area (Å²) >= 11 is 0. The molecule has 1 saturated heterocycles. The van der Waals surface area contributed by atoms with E-state index in [1.54, 1.807) is 17.0 Å². The van der Waals surface area contributed by atoms with Crippen LogP contribution in [-0.4, -0.2) is 30.1 Å². The first-order valence-corrected chi connectivity index (χ1v) is 10.9. The molecule has 1 aromatic heterocycles. The van der Waals surface area contributed by atoms with E-state index < -0.39 is 6.04 Å². The topological polar surface area (TPSA) is 59.8 Å². The van der Waals surface area contributed by atoms with E-state index in [2.05, 4.69) is 32.9 Å². The van der Waals surface area contributed by atoms with Crippen LogP contribution in [0, 0.1) is 0 Å². The summed E-state index contributed by atoms with van der Waals surface area (Å²) in [7, 11) is 0. The summed E-state index contributed by atoms with van der Waals surface area (Å²) in [5.74, 6) is -0.0788. The maximum Gasteiger partial charge on any atom is 0.291 e. The molecule has 160 valence electrons. The zero-order valence-electron chi connectivity index (χ0n) is 18.2. The highest BCUT2D eigenvalue weighted by atomic mass is 16.5. The molecule has 0 radical (unpaired) electrons. The largest absolute Gasteiger partial charge is 0.450 e. The second-order valence-electron chi connectivity index (χ2n) is 9.54. The first-order chi connectivity index (χ1) is 14.8. The van der Waals surface area contributed by atoms with Crippen molar-refractivity contribution in [2.75, 3.05) is 13.2 Å². The number of rotatable bonds is 3. The fraction of sp³-hybridized carbons (Fsp3) is 0.385. The molecule has 2 atom stereocenters. The quantitative estimate of drug-likeness (QED) is 0.613. The molecule has 0 aliphatic carbocycles. The minimum Gasteiger partial charge on any atom is -0.450 e. The van der Waals surface area contributed by atoms with Crippen LogP contribution in [-0.2, 0) is 10.2 Å². The van der Waals surface area contributed by atoms with Crippen LogP contribution in [0.1, 0.15) is 66.9 Å². The normalized spacial score (nSPS) is 21.1. The Balaban J connectivity index is 1.66. The molecule has 31 heavy (non-hydrogen) atoms. The van der Waals surface area contributed by atoms with Crippen LogP contribution in [0.25, 0.3) is 11.0 Å². The summed E-state index contributed by atoms with van der Waals surface area (Å²) in [6.45, 7) is 7.67. The lowest BCUT2D eigenvalue weighted by molar-refractivity contribution is 0.0486. The highest BCUT2D eigenvalue weighted by Gasteiger charge is 2.43. The Morgan fingerprint density at radius 3 is 2.45 bits per heavy atom. The van der Waals surface area contributed by atoms with Gasteiger partial charge in [-0.15, -0.1) is 0 Å². The summed E-state index contributed by atoms with van der Waals surface area (Å²) in [5.41, 5.74) is 2.89. The van der Waals surface area contributed by atoms with E-state index >= 15 is 0 Å². The minimum atomic E-state index is -0.471. The maximum atomic E-state index is 13.5. The van der Waals surface area contributed by atoms with Crippen LogP contribution in [0.2, 0.25) is 0 Å². The van der Waals surface area contributed by atoms with Crippen molar-refractivity contribution in [2.24, 2.45) is 0 Å². The van der Waals surface area contributed by atoms with Gasteiger partial charge >= 0.3 is 0 Å². The van der Waals surface area contributed by atoms with Gasteiger partial charge < -0.3 is 14.1 Å². The SMILES string of the molecule is CC(C)(C)c1ccc([C@H]2c3c(oc4ccccc4c3=O)C(=O)N2C[C@H]2CCCO2)cc1. The molecule has 1 fully saturated rings. The third-order valence-corrected chi connectivity index (χ3v) is 6.39. The molecular formula is C26H27NO4. The van der Waals surface area contributed by atoms with E-state index in [0.29, 0.717) is 29.7 Å². The zero-order chi connectivity index (χ0) is 21.8. The fourth-order valence-electron chi connectivity index (χ4n) is 4.68. The second-order valence-corrected chi connectivity index (χ2v) is 9.54. The van der Waals surface area contributed by atoms with Gasteiger partial charge in [-0.25, -0.2) is 0 Å². The number of carbonyl (C=O) groups is 1. The predicted octanol–water partition coefficient (Wildman–Crippen LogP) is 4.81. The molecule has 2 aromatic carbocycles. The van der Waals surface area contributed by atoms with Gasteiger partial charge in [0.05, 0.1) is 23.1 Å². The van der Waals surface area contributed by atoms with E-state index in [9.17, 15) is 9.59 Å². The number of benzene rings is 2. The standard InChI is InChI=1S/C26H27NO4/c1-26(2,3)17-12-10-16(11-13-17)22-21-23(28)19-8-4-5-9-20(19)31-24(21)25(29)27(22)15-18-7-6-14-30-18/h4-5,8-13,18,22H,6-7,14-15H2,1-3H3/t18-,22+/m1/s1. The van der Waals surface area contributed by atoms with E-state index in [0.717, 1.165) is 18.4 Å². The summed E-state index contributed by atoms with van der Waals surface area (Å²) in [6, 6.07) is 14.9. The monoisotopic (exact) mass is 417 g/mol. The molecule has 5 rings (SSSR count). The Morgan fingerprint density at radius 1 is 1.03 bits per heavy atom. The third-order valence-electron chi connectivity index (χ3n) is 6.39. The van der Waals surface area contributed by atoms with Gasteiger partial charge in [-0.2, -0.15) is 0 Å². The molecule has 0 N–H and O–H groups in total. The van der Waals surface area contributed by atoms with E-state index in [1.165, 1.54) is 5.56 Å². The van der Waals surface area contributed by atoms with Crippen molar-refractivity contribution in [3.8, 4) is 0 Å². The second kappa shape index (κ2) is 7.34. The number of carbonyl (C=O) groups excluding carboxylic acids is 1. The van der Waals surface area contributed by atoms with Gasteiger partial charge in [0.1, 0.15) is 5.58 Å². The van der Waals surface area contributed by atoms with Crippen LogP contribution < -0.4 is 5.43 Å². The maximum absolute atomic E-state index is 13.5. The minimum absolute atomic E-state index is 0.0147. The number of ether oxygens (including phenoxy) is 1. The summed E-state index contributed by atoms with van der Waals surface area (Å²) in [4.78, 5) is 28.7. The number of hydrogen-bond acceptors (Lipinski definition) is 4. The first kappa shape index (κ1) is 20.0. The summed E-state index contributed by atoms with van der Waals surface area (Å²) in [5, 5.41) is 0.504. The molecule has 0 unspecified atom stereocenters. The fourth-order valence-corrected chi connectivity index (χ4v) is 4.68. The number of fused-ring (bicyclic) bond motifs is 2. The molecule has 2 aliphatic heterocycles. The lowest BCUT2D eigenvalue weighted by atomic mass is 9.86. The zero-order valence-corrected chi connectivity index (χ0v) is 18.2. The van der Waals surface area contributed by atoms with Crippen LogP contribution in [0.5, 0.6) is 0 Å². The van der Waals surface area contributed by atoms with Crippen LogP contribution in [0.3, 0.4) is 0 Å². The molecule has 5 heteroatoms. The van der Waals surface area contributed by atoms with Crippen molar-refractivity contribution in [1.29, 1.82) is 0 Å². The summed E-state index contributed by atoms with van der Waals surface area (Å²) in [6.07, 6.45) is 1.89. The Bertz CT molecular complexity index is 1200. The van der Waals surface area contributed by atoms with Crippen LogP contribution >= 0.6 is 0 Å². The predicted molar refractivity (Wildman–Crippen MR) is 119 cm³/mol. The van der Waals surface area contributed by atoms with Gasteiger partial charge in [0.25, 0.3) is 5.91 Å². The van der Waals surface area contributed by atoms with Crippen molar-refractivity contribution in [3.63, 3.8) is 0 Å². The number of para-hydroxylation sites is 1. The molecule has 2 aliphatic rings. The van der Waals surface area contributed by atoms with Gasteiger partial charge in [-0.05, 0) is 41.5 Å². The Morgan fingerprint density at radius 2 is 1.77 bits per heavy atom. The molecule has 0 spiro atoms. The smallest absolute Gasteiger partial charge is 0.291 e. The molecule has 1 amide bonds. The average molecular weight is 418 g/mol. The van der Waals surface area contributed by atoms with Crippen molar-refractivity contribution >= 4 is 16.9 Å². The van der Waals surface area contributed by atoms with Crippen molar-refractivity contribution in [2.45, 2.75) is 51.2 Å². The molecule has 3 heterocycles. The lowest BCUT2D eigenvalue weighted by Gasteiger charge is -2.28. The number of amides is 1. The van der Waals surface area contributed by atoms with Crippen molar-refractivity contribution in [3.05, 3.63) is 81.2 Å². The van der Waals surface area contributed by atoms with E-state index in [4.69, 9.17) is 9.15 Å². The third kappa shape index (κ3) is 3.37. The van der Waals surface area contributed by atoms with Gasteiger partial charge in [0.15, 0.2) is 5.43 Å². The van der Waals surface area contributed by atoms with E-state index in [1.807, 2.05) is 24.3 Å². The lowest BCUT2D eigenvalue weighted by Crippen LogP contribution is -2.36. The van der Waals surface area contributed by atoms with Crippen molar-refractivity contribution < 1.29 is 13.9 Å². The Hall–Kier alpha value is -2.92. The highest BCUT2D eigenvalue weighted by molar-refractivity contribution is 5.99. The van der Waals surface area contributed by atoms with Gasteiger partial charge in [-0.1, -0.05) is 57.2 Å². The molecule has 0 bridgehead atoms. The average Bonchev–Trinajstić information content (AvgIpc) is 3.36. The summed E-state index contributed by atoms with van der Waals surface area (Å²) < 4.78 is 11.8. The van der Waals surface area contributed by atoms with E-state index in [-0.39, 0.29) is 28.6 Å². The van der Waals surface area contributed by atoms with Gasteiger partial charge in [0.2, 0.25) is 5.76 Å². The van der Waals surface area contributed by atoms with Crippen molar-refractivity contribution in [1.82, 2.24) is 4.90 Å². The Kier molecular flexibility index (Phi) is 4.74. The number of nitrogens with zero attached hydrogens (tertiary/aromatic N) is 1. The highest BCUT2D eigenvalue weighted by Crippen LogP contribution is 2.39. The molecular weight excluding hydrogens is 390 g/mol. The molecule has 0 saturated carbocycles. The number of hydrogen-bond donors (Lipinski definition) is 0. The van der Waals surface area contributed by atoms with Crippen LogP contribution in [0.4, 0.5) is 0 Å².